The highest BCUT2D eigenvalue weighted by molar-refractivity contribution is 8.00. The van der Waals surface area contributed by atoms with E-state index in [9.17, 15) is 4.79 Å². The Hall–Kier alpha value is -0.380. The van der Waals surface area contributed by atoms with E-state index in [1.165, 1.54) is 12.8 Å². The summed E-state index contributed by atoms with van der Waals surface area (Å²) >= 11 is 1.93. The van der Waals surface area contributed by atoms with Gasteiger partial charge >= 0.3 is 6.09 Å². The van der Waals surface area contributed by atoms with Crippen LogP contribution in [0.5, 0.6) is 0 Å². The number of hydrogen-bond donors (Lipinski definition) is 1. The molecule has 0 aromatic rings. The molecule has 0 unspecified atom stereocenters. The second kappa shape index (κ2) is 4.91. The van der Waals surface area contributed by atoms with Crippen LogP contribution in [0.4, 0.5) is 4.79 Å². The third kappa shape index (κ3) is 6.13. The maximum Gasteiger partial charge on any atom is 0.407 e. The molecule has 0 saturated heterocycles. The average molecular weight is 217 g/mol. The van der Waals surface area contributed by atoms with E-state index < -0.39 is 5.60 Å². The van der Waals surface area contributed by atoms with Crippen LogP contribution in [0.15, 0.2) is 0 Å². The molecule has 0 spiro atoms. The molecule has 82 valence electrons. The van der Waals surface area contributed by atoms with Crippen LogP contribution in [-0.4, -0.2) is 29.2 Å². The maximum atomic E-state index is 11.2. The molecule has 1 fully saturated rings. The molecule has 0 heterocycles. The van der Waals surface area contributed by atoms with Crippen LogP contribution in [-0.2, 0) is 4.74 Å². The van der Waals surface area contributed by atoms with E-state index in [4.69, 9.17) is 4.74 Å². The van der Waals surface area contributed by atoms with E-state index in [1.807, 2.05) is 32.5 Å². The first-order valence-electron chi connectivity index (χ1n) is 5.06. The van der Waals surface area contributed by atoms with E-state index >= 15 is 0 Å². The van der Waals surface area contributed by atoms with Crippen LogP contribution in [0, 0.1) is 0 Å². The van der Waals surface area contributed by atoms with E-state index in [2.05, 4.69) is 5.32 Å². The molecular weight excluding hydrogens is 198 g/mol. The quantitative estimate of drug-likeness (QED) is 0.735. The Kier molecular flexibility index (Phi) is 4.11. The van der Waals surface area contributed by atoms with Gasteiger partial charge < -0.3 is 10.1 Å². The lowest BCUT2D eigenvalue weighted by molar-refractivity contribution is 0.0531. The topological polar surface area (TPSA) is 38.3 Å². The summed E-state index contributed by atoms with van der Waals surface area (Å²) in [5.74, 6) is 0.990. The highest BCUT2D eigenvalue weighted by Gasteiger charge is 2.21. The number of hydrogen-bond acceptors (Lipinski definition) is 3. The number of ether oxygens (including phenoxy) is 1. The van der Waals surface area contributed by atoms with Crippen molar-refractivity contribution in [3.63, 3.8) is 0 Å². The Morgan fingerprint density at radius 3 is 2.64 bits per heavy atom. The standard InChI is InChI=1S/C10H19NO2S/c1-10(2,3)13-9(12)11-6-7-14-8-4-5-8/h8H,4-7H2,1-3H3,(H,11,12). The Morgan fingerprint density at radius 2 is 2.14 bits per heavy atom. The zero-order valence-electron chi connectivity index (χ0n) is 9.13. The molecule has 14 heavy (non-hydrogen) atoms. The van der Waals surface area contributed by atoms with Gasteiger partial charge in [-0.15, -0.1) is 0 Å². The van der Waals surface area contributed by atoms with Gasteiger partial charge in [-0.25, -0.2) is 4.79 Å². The van der Waals surface area contributed by atoms with Gasteiger partial charge in [0.1, 0.15) is 5.60 Å². The molecule has 1 saturated carbocycles. The van der Waals surface area contributed by atoms with Gasteiger partial charge in [0, 0.05) is 17.5 Å². The zero-order chi connectivity index (χ0) is 10.6. The monoisotopic (exact) mass is 217 g/mol. The molecule has 1 amide bonds. The van der Waals surface area contributed by atoms with Crippen molar-refractivity contribution in [1.29, 1.82) is 0 Å². The minimum atomic E-state index is -0.395. The summed E-state index contributed by atoms with van der Waals surface area (Å²) in [5, 5.41) is 3.60. The predicted octanol–water partition coefficient (Wildman–Crippen LogP) is 2.41. The molecule has 0 bridgehead atoms. The summed E-state index contributed by atoms with van der Waals surface area (Å²) in [6, 6.07) is 0. The van der Waals surface area contributed by atoms with Gasteiger partial charge in [0.15, 0.2) is 0 Å². The van der Waals surface area contributed by atoms with E-state index in [1.54, 1.807) is 0 Å². The fourth-order valence-corrected chi connectivity index (χ4v) is 1.95. The number of thioether (sulfide) groups is 1. The smallest absolute Gasteiger partial charge is 0.407 e. The summed E-state index contributed by atoms with van der Waals surface area (Å²) in [6.45, 7) is 6.30. The molecule has 1 aliphatic rings. The number of amides is 1. The first kappa shape index (κ1) is 11.7. The molecular formula is C10H19NO2S. The minimum Gasteiger partial charge on any atom is -0.444 e. The Balaban J connectivity index is 1.96. The molecule has 1 aliphatic carbocycles. The van der Waals surface area contributed by atoms with Crippen molar-refractivity contribution < 1.29 is 9.53 Å². The number of nitrogens with one attached hydrogen (secondary N) is 1. The molecule has 1 N–H and O–H groups in total. The first-order chi connectivity index (χ1) is 6.47. The van der Waals surface area contributed by atoms with Gasteiger partial charge in [0.05, 0.1) is 0 Å². The third-order valence-corrected chi connectivity index (χ3v) is 3.03. The van der Waals surface area contributed by atoms with Crippen LogP contribution in [0.25, 0.3) is 0 Å². The number of alkyl carbamates (subject to hydrolysis) is 1. The van der Waals surface area contributed by atoms with Crippen LogP contribution < -0.4 is 5.32 Å². The second-order valence-electron chi connectivity index (χ2n) is 4.50. The molecule has 0 aromatic heterocycles. The summed E-state index contributed by atoms with van der Waals surface area (Å²) in [4.78, 5) is 11.2. The van der Waals surface area contributed by atoms with Crippen molar-refractivity contribution in [1.82, 2.24) is 5.32 Å². The summed E-state index contributed by atoms with van der Waals surface area (Å²) in [5.41, 5.74) is -0.395. The molecule has 0 radical (unpaired) electrons. The lowest BCUT2D eigenvalue weighted by Crippen LogP contribution is -2.33. The molecule has 0 aromatic carbocycles. The van der Waals surface area contributed by atoms with E-state index in [0.717, 1.165) is 11.0 Å². The molecule has 1 rings (SSSR count). The van der Waals surface area contributed by atoms with Crippen LogP contribution in [0.1, 0.15) is 33.6 Å². The van der Waals surface area contributed by atoms with Gasteiger partial charge in [-0.2, -0.15) is 11.8 Å². The van der Waals surface area contributed by atoms with Gasteiger partial charge in [-0.1, -0.05) is 0 Å². The summed E-state index contributed by atoms with van der Waals surface area (Å²) < 4.78 is 5.10. The molecule has 4 heteroatoms. The average Bonchev–Trinajstić information content (AvgIpc) is 2.77. The van der Waals surface area contributed by atoms with Crippen LogP contribution in [0.2, 0.25) is 0 Å². The normalized spacial score (nSPS) is 16.5. The van der Waals surface area contributed by atoms with Crippen molar-refractivity contribution in [3.05, 3.63) is 0 Å². The number of carbonyl (C=O) groups is 1. The van der Waals surface area contributed by atoms with Gasteiger partial charge in [-0.05, 0) is 33.6 Å². The van der Waals surface area contributed by atoms with Gasteiger partial charge in [-0.3, -0.25) is 0 Å². The van der Waals surface area contributed by atoms with Crippen LogP contribution in [0.3, 0.4) is 0 Å². The minimum absolute atomic E-state index is 0.311. The van der Waals surface area contributed by atoms with Crippen molar-refractivity contribution in [3.8, 4) is 0 Å². The Labute approximate surface area is 90.0 Å². The zero-order valence-corrected chi connectivity index (χ0v) is 9.95. The Morgan fingerprint density at radius 1 is 1.50 bits per heavy atom. The highest BCUT2D eigenvalue weighted by atomic mass is 32.2. The SMILES string of the molecule is CC(C)(C)OC(=O)NCCSC1CC1. The van der Waals surface area contributed by atoms with E-state index in [-0.39, 0.29) is 6.09 Å². The lowest BCUT2D eigenvalue weighted by Gasteiger charge is -2.19. The van der Waals surface area contributed by atoms with Gasteiger partial charge in [0.2, 0.25) is 0 Å². The van der Waals surface area contributed by atoms with Crippen LogP contribution >= 0.6 is 11.8 Å². The molecule has 0 atom stereocenters. The Bertz CT molecular complexity index is 197. The van der Waals surface area contributed by atoms with E-state index in [0.29, 0.717) is 6.54 Å². The van der Waals surface area contributed by atoms with Crippen molar-refractivity contribution in [2.24, 2.45) is 0 Å². The summed E-state index contributed by atoms with van der Waals surface area (Å²) in [6.07, 6.45) is 2.38. The lowest BCUT2D eigenvalue weighted by atomic mass is 10.2. The predicted molar refractivity (Wildman–Crippen MR) is 59.7 cm³/mol. The summed E-state index contributed by atoms with van der Waals surface area (Å²) in [7, 11) is 0. The van der Waals surface area contributed by atoms with Crippen molar-refractivity contribution >= 4 is 17.9 Å². The highest BCUT2D eigenvalue weighted by Crippen LogP contribution is 2.33. The largest absolute Gasteiger partial charge is 0.444 e. The second-order valence-corrected chi connectivity index (χ2v) is 5.91. The van der Waals surface area contributed by atoms with Crippen molar-refractivity contribution in [2.45, 2.75) is 44.5 Å². The molecule has 3 nitrogen and oxygen atoms in total. The van der Waals surface area contributed by atoms with Gasteiger partial charge in [0.25, 0.3) is 0 Å². The first-order valence-corrected chi connectivity index (χ1v) is 6.11. The fraction of sp³-hybridized carbons (Fsp3) is 0.900. The molecule has 0 aliphatic heterocycles. The fourth-order valence-electron chi connectivity index (χ4n) is 0.928. The third-order valence-electron chi connectivity index (χ3n) is 1.65. The number of rotatable bonds is 4. The maximum absolute atomic E-state index is 11.2. The number of carbonyl (C=O) groups excluding carboxylic acids is 1. The van der Waals surface area contributed by atoms with Crippen molar-refractivity contribution in [2.75, 3.05) is 12.3 Å².